The topological polar surface area (TPSA) is 39.7 Å². The third kappa shape index (κ3) is 3.45. The van der Waals surface area contributed by atoms with Crippen molar-refractivity contribution in [1.82, 2.24) is 9.88 Å². The predicted molar refractivity (Wildman–Crippen MR) is 100 cm³/mol. The molecule has 0 saturated carbocycles. The number of nitrogens with zero attached hydrogens (tertiary/aromatic N) is 4. The fourth-order valence-corrected chi connectivity index (χ4v) is 3.76. The van der Waals surface area contributed by atoms with Crippen molar-refractivity contribution in [3.8, 4) is 0 Å². The summed E-state index contributed by atoms with van der Waals surface area (Å²) in [4.78, 5) is 23.7. The molecule has 2 aliphatic heterocycles. The summed E-state index contributed by atoms with van der Waals surface area (Å²) in [5, 5.41) is 0. The molecule has 0 unspecified atom stereocenters. The number of amides is 1. The van der Waals surface area contributed by atoms with Gasteiger partial charge in [-0.05, 0) is 36.6 Å². The Morgan fingerprint density at radius 2 is 1.76 bits per heavy atom. The molecule has 3 heterocycles. The first kappa shape index (κ1) is 15.9. The highest BCUT2D eigenvalue weighted by Gasteiger charge is 2.25. The van der Waals surface area contributed by atoms with Gasteiger partial charge in [0.25, 0.3) is 0 Å². The third-order valence-electron chi connectivity index (χ3n) is 5.14. The number of carbonyl (C=O) groups is 1. The smallest absolute Gasteiger partial charge is 0.242 e. The molecule has 0 atom stereocenters. The molecule has 2 aliphatic rings. The lowest BCUT2D eigenvalue weighted by Crippen LogP contribution is -2.52. The largest absolute Gasteiger partial charge is 0.362 e. The molecular formula is C20H24N4O. The van der Waals surface area contributed by atoms with Gasteiger partial charge >= 0.3 is 0 Å². The Morgan fingerprint density at radius 3 is 2.56 bits per heavy atom. The number of fused-ring (bicyclic) bond motifs is 1. The third-order valence-corrected chi connectivity index (χ3v) is 5.14. The number of benzene rings is 1. The van der Waals surface area contributed by atoms with E-state index in [9.17, 15) is 4.79 Å². The van der Waals surface area contributed by atoms with E-state index < -0.39 is 0 Å². The normalized spacial score (nSPS) is 17.4. The lowest BCUT2D eigenvalue weighted by atomic mass is 10.0. The number of aryl methyl sites for hydroxylation is 1. The van der Waals surface area contributed by atoms with E-state index in [1.54, 1.807) is 0 Å². The molecule has 1 aromatic heterocycles. The molecular weight excluding hydrogens is 312 g/mol. The van der Waals surface area contributed by atoms with E-state index in [2.05, 4.69) is 39.0 Å². The van der Waals surface area contributed by atoms with E-state index in [1.165, 1.54) is 11.3 Å². The first-order chi connectivity index (χ1) is 12.3. The highest BCUT2D eigenvalue weighted by Crippen LogP contribution is 2.26. The van der Waals surface area contributed by atoms with Crippen LogP contribution in [0.15, 0.2) is 48.7 Å². The molecule has 1 amide bonds. The number of rotatable bonds is 3. The van der Waals surface area contributed by atoms with Crippen molar-refractivity contribution in [2.45, 2.75) is 12.8 Å². The van der Waals surface area contributed by atoms with E-state index in [0.717, 1.165) is 51.4 Å². The predicted octanol–water partition coefficient (Wildman–Crippen LogP) is 2.18. The standard InChI is InChI=1S/C20H24N4O/c25-20(16-24-11-5-7-17-6-1-2-8-18(17)24)23-14-12-22(13-15-23)19-9-3-4-10-21-19/h1-4,6,8-10H,5,7,11-16H2. The van der Waals surface area contributed by atoms with Crippen LogP contribution in [0.5, 0.6) is 0 Å². The van der Waals surface area contributed by atoms with Crippen LogP contribution in [0.3, 0.4) is 0 Å². The van der Waals surface area contributed by atoms with Crippen molar-refractivity contribution < 1.29 is 4.79 Å². The fourth-order valence-electron chi connectivity index (χ4n) is 3.76. The molecule has 5 heteroatoms. The Bertz CT molecular complexity index is 725. The van der Waals surface area contributed by atoms with Crippen molar-refractivity contribution >= 4 is 17.4 Å². The van der Waals surface area contributed by atoms with Crippen LogP contribution in [0.25, 0.3) is 0 Å². The molecule has 2 aromatic rings. The lowest BCUT2D eigenvalue weighted by molar-refractivity contribution is -0.130. The van der Waals surface area contributed by atoms with Crippen molar-refractivity contribution in [2.24, 2.45) is 0 Å². The summed E-state index contributed by atoms with van der Waals surface area (Å²) in [6.45, 7) is 4.69. The first-order valence-corrected chi connectivity index (χ1v) is 9.08. The number of anilines is 2. The van der Waals surface area contributed by atoms with Gasteiger partial charge in [0, 0.05) is 44.6 Å². The minimum absolute atomic E-state index is 0.234. The molecule has 1 aromatic carbocycles. The number of hydrogen-bond acceptors (Lipinski definition) is 4. The van der Waals surface area contributed by atoms with Gasteiger partial charge < -0.3 is 14.7 Å². The van der Waals surface area contributed by atoms with Gasteiger partial charge in [-0.15, -0.1) is 0 Å². The zero-order chi connectivity index (χ0) is 17.1. The summed E-state index contributed by atoms with van der Waals surface area (Å²) in [6.07, 6.45) is 4.06. The molecule has 0 bridgehead atoms. The molecule has 1 saturated heterocycles. The lowest BCUT2D eigenvalue weighted by Gasteiger charge is -2.37. The minimum atomic E-state index is 0.234. The van der Waals surface area contributed by atoms with Gasteiger partial charge in [-0.2, -0.15) is 0 Å². The van der Waals surface area contributed by atoms with Gasteiger partial charge in [0.15, 0.2) is 0 Å². The van der Waals surface area contributed by atoms with Crippen LogP contribution in [-0.2, 0) is 11.2 Å². The summed E-state index contributed by atoms with van der Waals surface area (Å²) in [6, 6.07) is 14.4. The highest BCUT2D eigenvalue weighted by molar-refractivity contribution is 5.82. The summed E-state index contributed by atoms with van der Waals surface area (Å²) in [5.41, 5.74) is 2.59. The molecule has 4 rings (SSSR count). The Kier molecular flexibility index (Phi) is 4.55. The van der Waals surface area contributed by atoms with Gasteiger partial charge in [-0.25, -0.2) is 4.98 Å². The van der Waals surface area contributed by atoms with Gasteiger partial charge in [0.05, 0.1) is 6.54 Å². The molecule has 0 aliphatic carbocycles. The average Bonchev–Trinajstić information content (AvgIpc) is 2.69. The molecule has 130 valence electrons. The summed E-state index contributed by atoms with van der Waals surface area (Å²) in [7, 11) is 0. The number of pyridine rings is 1. The first-order valence-electron chi connectivity index (χ1n) is 9.08. The van der Waals surface area contributed by atoms with Crippen LogP contribution in [-0.4, -0.2) is 55.1 Å². The summed E-state index contributed by atoms with van der Waals surface area (Å²) >= 11 is 0. The second-order valence-corrected chi connectivity index (χ2v) is 6.71. The molecule has 1 fully saturated rings. The van der Waals surface area contributed by atoms with Crippen molar-refractivity contribution in [3.05, 3.63) is 54.2 Å². The van der Waals surface area contributed by atoms with Gasteiger partial charge in [-0.1, -0.05) is 24.3 Å². The number of hydrogen-bond donors (Lipinski definition) is 0. The van der Waals surface area contributed by atoms with Gasteiger partial charge in [-0.3, -0.25) is 4.79 Å². The monoisotopic (exact) mass is 336 g/mol. The van der Waals surface area contributed by atoms with E-state index >= 15 is 0 Å². The van der Waals surface area contributed by atoms with Crippen molar-refractivity contribution in [1.29, 1.82) is 0 Å². The molecule has 5 nitrogen and oxygen atoms in total. The molecule has 25 heavy (non-hydrogen) atoms. The van der Waals surface area contributed by atoms with E-state index in [1.807, 2.05) is 29.3 Å². The Labute approximate surface area is 148 Å². The number of carbonyl (C=O) groups excluding carboxylic acids is 1. The van der Waals surface area contributed by atoms with Crippen LogP contribution in [0.1, 0.15) is 12.0 Å². The Hall–Kier alpha value is -2.56. The van der Waals surface area contributed by atoms with E-state index in [4.69, 9.17) is 0 Å². The fraction of sp³-hybridized carbons (Fsp3) is 0.400. The molecule has 0 N–H and O–H groups in total. The highest BCUT2D eigenvalue weighted by atomic mass is 16.2. The van der Waals surface area contributed by atoms with Crippen LogP contribution >= 0.6 is 0 Å². The quantitative estimate of drug-likeness (QED) is 0.861. The Morgan fingerprint density at radius 1 is 0.960 bits per heavy atom. The summed E-state index contributed by atoms with van der Waals surface area (Å²) in [5.74, 6) is 1.23. The minimum Gasteiger partial charge on any atom is -0.362 e. The van der Waals surface area contributed by atoms with Gasteiger partial charge in [0.1, 0.15) is 5.82 Å². The SMILES string of the molecule is O=C(CN1CCCc2ccccc21)N1CCN(c2ccccn2)CC1. The van der Waals surface area contributed by atoms with Crippen molar-refractivity contribution in [3.63, 3.8) is 0 Å². The summed E-state index contributed by atoms with van der Waals surface area (Å²) < 4.78 is 0. The Balaban J connectivity index is 1.36. The van der Waals surface area contributed by atoms with Crippen molar-refractivity contribution in [2.75, 3.05) is 49.1 Å². The maximum Gasteiger partial charge on any atom is 0.242 e. The van der Waals surface area contributed by atoms with Crippen LogP contribution in [0.2, 0.25) is 0 Å². The van der Waals surface area contributed by atoms with Crippen LogP contribution in [0, 0.1) is 0 Å². The second-order valence-electron chi connectivity index (χ2n) is 6.71. The number of piperazine rings is 1. The zero-order valence-electron chi connectivity index (χ0n) is 14.5. The number of para-hydroxylation sites is 1. The number of aromatic nitrogens is 1. The van der Waals surface area contributed by atoms with E-state index in [0.29, 0.717) is 6.54 Å². The zero-order valence-corrected chi connectivity index (χ0v) is 14.5. The second kappa shape index (κ2) is 7.13. The maximum absolute atomic E-state index is 12.8. The van der Waals surface area contributed by atoms with Crippen LogP contribution < -0.4 is 9.80 Å². The molecule has 0 spiro atoms. The molecule has 0 radical (unpaired) electrons. The van der Waals surface area contributed by atoms with Crippen LogP contribution in [0.4, 0.5) is 11.5 Å². The average molecular weight is 336 g/mol. The van der Waals surface area contributed by atoms with E-state index in [-0.39, 0.29) is 5.91 Å². The maximum atomic E-state index is 12.8. The van der Waals surface area contributed by atoms with Gasteiger partial charge in [0.2, 0.25) is 5.91 Å².